The van der Waals surface area contributed by atoms with Crippen molar-refractivity contribution in [2.45, 2.75) is 6.92 Å². The lowest BCUT2D eigenvalue weighted by atomic mass is 10.2. The van der Waals surface area contributed by atoms with Crippen molar-refractivity contribution in [1.82, 2.24) is 14.6 Å². The van der Waals surface area contributed by atoms with Gasteiger partial charge in [0.05, 0.1) is 10.6 Å². The quantitative estimate of drug-likeness (QED) is 0.759. The van der Waals surface area contributed by atoms with Crippen LogP contribution in [0.4, 0.5) is 4.39 Å². The SMILES string of the molecule is Cc1c(C(=O)O)cn2nc(-c3ccc(Cl)c(F)c3)[nH]c(=O)c12. The van der Waals surface area contributed by atoms with Crippen LogP contribution in [0.3, 0.4) is 0 Å². The molecular weight excluding hydrogens is 313 g/mol. The van der Waals surface area contributed by atoms with E-state index in [-0.39, 0.29) is 21.9 Å². The van der Waals surface area contributed by atoms with Crippen molar-refractivity contribution in [2.24, 2.45) is 0 Å². The summed E-state index contributed by atoms with van der Waals surface area (Å²) in [6.45, 7) is 1.53. The molecule has 0 unspecified atom stereocenters. The molecule has 0 aliphatic heterocycles. The molecule has 0 atom stereocenters. The molecule has 22 heavy (non-hydrogen) atoms. The molecule has 6 nitrogen and oxygen atoms in total. The number of hydrogen-bond acceptors (Lipinski definition) is 3. The Morgan fingerprint density at radius 1 is 1.45 bits per heavy atom. The monoisotopic (exact) mass is 321 g/mol. The molecule has 2 aromatic heterocycles. The van der Waals surface area contributed by atoms with Crippen LogP contribution in [0.5, 0.6) is 0 Å². The summed E-state index contributed by atoms with van der Waals surface area (Å²) < 4.78 is 14.7. The van der Waals surface area contributed by atoms with E-state index in [1.807, 2.05) is 0 Å². The first-order valence-electron chi connectivity index (χ1n) is 6.19. The molecule has 0 radical (unpaired) electrons. The Balaban J connectivity index is 2.27. The molecule has 0 spiro atoms. The van der Waals surface area contributed by atoms with Gasteiger partial charge in [0.2, 0.25) is 0 Å². The molecule has 8 heteroatoms. The third kappa shape index (κ3) is 2.15. The third-order valence-corrected chi connectivity index (χ3v) is 3.62. The summed E-state index contributed by atoms with van der Waals surface area (Å²) in [5.41, 5.74) is 0.248. The zero-order valence-electron chi connectivity index (χ0n) is 11.2. The van der Waals surface area contributed by atoms with Gasteiger partial charge in [-0.1, -0.05) is 11.6 Å². The Morgan fingerprint density at radius 2 is 2.18 bits per heavy atom. The molecule has 0 aliphatic rings. The zero-order valence-corrected chi connectivity index (χ0v) is 12.0. The van der Waals surface area contributed by atoms with Gasteiger partial charge in [-0.15, -0.1) is 5.10 Å². The van der Waals surface area contributed by atoms with Crippen molar-refractivity contribution in [3.63, 3.8) is 0 Å². The summed E-state index contributed by atoms with van der Waals surface area (Å²) in [7, 11) is 0. The minimum absolute atomic E-state index is 0.0163. The summed E-state index contributed by atoms with van der Waals surface area (Å²) in [5, 5.41) is 13.2. The summed E-state index contributed by atoms with van der Waals surface area (Å²) in [6.07, 6.45) is 1.25. The Morgan fingerprint density at radius 3 is 2.82 bits per heavy atom. The summed E-state index contributed by atoms with van der Waals surface area (Å²) in [6, 6.07) is 3.99. The maximum Gasteiger partial charge on any atom is 0.337 e. The van der Waals surface area contributed by atoms with Crippen LogP contribution >= 0.6 is 11.6 Å². The first-order valence-corrected chi connectivity index (χ1v) is 6.57. The fraction of sp³-hybridized carbons (Fsp3) is 0.0714. The van der Waals surface area contributed by atoms with Gasteiger partial charge in [-0.25, -0.2) is 13.7 Å². The molecule has 0 aliphatic carbocycles. The Hall–Kier alpha value is -2.67. The molecule has 2 N–H and O–H groups in total. The average molecular weight is 322 g/mol. The smallest absolute Gasteiger partial charge is 0.337 e. The van der Waals surface area contributed by atoms with Crippen molar-refractivity contribution in [3.05, 3.63) is 56.7 Å². The molecular formula is C14H9ClFN3O3. The van der Waals surface area contributed by atoms with Gasteiger partial charge in [0.25, 0.3) is 5.56 Å². The molecule has 0 bridgehead atoms. The van der Waals surface area contributed by atoms with Crippen LogP contribution in [-0.4, -0.2) is 25.7 Å². The van der Waals surface area contributed by atoms with Crippen LogP contribution in [0.15, 0.2) is 29.2 Å². The standard InChI is InChI=1S/C14H9ClFN3O3/c1-6-8(14(21)22)5-19-11(6)13(20)17-12(18-19)7-2-3-9(15)10(16)4-7/h2-5H,1H3,(H,21,22)(H,17,18,20). The number of halogens is 2. The number of H-pyrrole nitrogens is 1. The summed E-state index contributed by atoms with van der Waals surface area (Å²) >= 11 is 5.62. The molecule has 1 aromatic carbocycles. The third-order valence-electron chi connectivity index (χ3n) is 3.32. The number of nitrogens with one attached hydrogen (secondary N) is 1. The van der Waals surface area contributed by atoms with Gasteiger partial charge in [-0.05, 0) is 30.7 Å². The molecule has 0 amide bonds. The van der Waals surface area contributed by atoms with Crippen LogP contribution in [0, 0.1) is 12.7 Å². The van der Waals surface area contributed by atoms with Crippen LogP contribution in [0.1, 0.15) is 15.9 Å². The van der Waals surface area contributed by atoms with Crippen molar-refractivity contribution in [2.75, 3.05) is 0 Å². The highest BCUT2D eigenvalue weighted by atomic mass is 35.5. The molecule has 3 aromatic rings. The second kappa shape index (κ2) is 4.96. The number of aromatic carboxylic acids is 1. The number of carboxylic acid groups (broad SMARTS) is 1. The first kappa shape index (κ1) is 14.3. The molecule has 0 fully saturated rings. The van der Waals surface area contributed by atoms with E-state index in [2.05, 4.69) is 10.1 Å². The minimum Gasteiger partial charge on any atom is -0.478 e. The topological polar surface area (TPSA) is 87.5 Å². The van der Waals surface area contributed by atoms with Gasteiger partial charge in [-0.2, -0.15) is 0 Å². The second-order valence-electron chi connectivity index (χ2n) is 4.70. The maximum absolute atomic E-state index is 13.5. The van der Waals surface area contributed by atoms with E-state index in [4.69, 9.17) is 16.7 Å². The normalized spacial score (nSPS) is 11.0. The number of aryl methyl sites for hydroxylation is 1. The van der Waals surface area contributed by atoms with Gasteiger partial charge in [0.1, 0.15) is 11.3 Å². The number of hydrogen-bond donors (Lipinski definition) is 2. The highest BCUT2D eigenvalue weighted by molar-refractivity contribution is 6.30. The Labute approximate surface area is 127 Å². The lowest BCUT2D eigenvalue weighted by molar-refractivity contribution is 0.0696. The Kier molecular flexibility index (Phi) is 3.22. The Bertz CT molecular complexity index is 977. The van der Waals surface area contributed by atoms with Crippen molar-refractivity contribution in [1.29, 1.82) is 0 Å². The molecule has 2 heterocycles. The highest BCUT2D eigenvalue weighted by Crippen LogP contribution is 2.22. The first-order chi connectivity index (χ1) is 10.4. The molecule has 112 valence electrons. The number of nitrogens with zero attached hydrogens (tertiary/aromatic N) is 2. The van der Waals surface area contributed by atoms with Gasteiger partial charge in [-0.3, -0.25) is 4.79 Å². The number of aromatic nitrogens is 3. The lowest BCUT2D eigenvalue weighted by Gasteiger charge is -2.03. The van der Waals surface area contributed by atoms with Crippen molar-refractivity contribution >= 4 is 23.1 Å². The fourth-order valence-corrected chi connectivity index (χ4v) is 2.34. The number of carboxylic acids is 1. The number of rotatable bonds is 2. The van der Waals surface area contributed by atoms with Crippen LogP contribution in [0.2, 0.25) is 5.02 Å². The minimum atomic E-state index is -1.15. The van der Waals surface area contributed by atoms with E-state index in [1.54, 1.807) is 0 Å². The number of aromatic amines is 1. The molecule has 0 saturated carbocycles. The van der Waals surface area contributed by atoms with Crippen molar-refractivity contribution in [3.8, 4) is 11.4 Å². The summed E-state index contributed by atoms with van der Waals surface area (Å²) in [5.74, 6) is -1.68. The van der Waals surface area contributed by atoms with Crippen LogP contribution in [-0.2, 0) is 0 Å². The second-order valence-corrected chi connectivity index (χ2v) is 5.10. The van der Waals surface area contributed by atoms with Crippen LogP contribution in [0.25, 0.3) is 16.9 Å². The maximum atomic E-state index is 13.5. The predicted molar refractivity (Wildman–Crippen MR) is 77.9 cm³/mol. The van der Waals surface area contributed by atoms with E-state index < -0.39 is 17.3 Å². The average Bonchev–Trinajstić information content (AvgIpc) is 2.79. The lowest BCUT2D eigenvalue weighted by Crippen LogP contribution is -2.14. The van der Waals surface area contributed by atoms with E-state index in [9.17, 15) is 14.0 Å². The highest BCUT2D eigenvalue weighted by Gasteiger charge is 2.17. The fourth-order valence-electron chi connectivity index (χ4n) is 2.22. The molecule has 3 rings (SSSR count). The van der Waals surface area contributed by atoms with E-state index in [1.165, 1.54) is 29.8 Å². The zero-order chi connectivity index (χ0) is 16.0. The van der Waals surface area contributed by atoms with Gasteiger partial charge in [0, 0.05) is 11.8 Å². The number of fused-ring (bicyclic) bond motifs is 1. The van der Waals surface area contributed by atoms with Crippen molar-refractivity contribution < 1.29 is 14.3 Å². The van der Waals surface area contributed by atoms with Gasteiger partial charge < -0.3 is 10.1 Å². The van der Waals surface area contributed by atoms with E-state index >= 15 is 0 Å². The van der Waals surface area contributed by atoms with E-state index in [0.29, 0.717) is 11.1 Å². The van der Waals surface area contributed by atoms with E-state index in [0.717, 1.165) is 6.07 Å². The van der Waals surface area contributed by atoms with Crippen LogP contribution < -0.4 is 5.56 Å². The van der Waals surface area contributed by atoms with Gasteiger partial charge >= 0.3 is 5.97 Å². The largest absolute Gasteiger partial charge is 0.478 e. The summed E-state index contributed by atoms with van der Waals surface area (Å²) in [4.78, 5) is 25.8. The molecule has 0 saturated heterocycles. The number of benzene rings is 1. The van der Waals surface area contributed by atoms with Gasteiger partial charge in [0.15, 0.2) is 5.82 Å². The number of carbonyl (C=O) groups is 1. The predicted octanol–water partition coefficient (Wildman–Crippen LogP) is 2.49.